The number of ketones is 2. The second-order valence-corrected chi connectivity index (χ2v) is 13.7. The second-order valence-electron chi connectivity index (χ2n) is 11.2. The smallest absolute Gasteiger partial charge is 0.229 e. The fourth-order valence-electron chi connectivity index (χ4n) is 6.26. The maximum absolute atomic E-state index is 14.5. The van der Waals surface area contributed by atoms with E-state index in [4.69, 9.17) is 9.47 Å². The summed E-state index contributed by atoms with van der Waals surface area (Å²) < 4.78 is 11.8. The first-order valence-electron chi connectivity index (χ1n) is 13.9. The molecule has 6 rings (SSSR count). The summed E-state index contributed by atoms with van der Waals surface area (Å²) in [5.74, 6) is -1.15. The zero-order chi connectivity index (χ0) is 30.5. The number of aryl methyl sites for hydroxylation is 1. The summed E-state index contributed by atoms with van der Waals surface area (Å²) in [5, 5.41) is 58.5. The van der Waals surface area contributed by atoms with Crippen molar-refractivity contribution in [1.29, 1.82) is 0 Å². The molecule has 7 unspecified atom stereocenters. The average Bonchev–Trinajstić information content (AvgIpc) is 2.99. The maximum Gasteiger partial charge on any atom is 0.229 e. The minimum Gasteiger partial charge on any atom is -0.511 e. The van der Waals surface area contributed by atoms with Gasteiger partial charge in [-0.1, -0.05) is 45.4 Å². The first kappa shape index (κ1) is 30.1. The zero-order valence-corrected chi connectivity index (χ0v) is 24.8. The third kappa shape index (κ3) is 4.96. The highest BCUT2D eigenvalue weighted by atomic mass is 33.1. The van der Waals surface area contributed by atoms with Crippen LogP contribution in [0.15, 0.2) is 60.0 Å². The lowest BCUT2D eigenvalue weighted by molar-refractivity contribution is -0.315. The molecule has 3 heterocycles. The molecule has 2 aromatic rings. The van der Waals surface area contributed by atoms with Crippen molar-refractivity contribution in [1.82, 2.24) is 4.98 Å². The van der Waals surface area contributed by atoms with Crippen LogP contribution in [0.1, 0.15) is 39.6 Å². The van der Waals surface area contributed by atoms with Crippen LogP contribution in [0.4, 0.5) is 5.82 Å². The van der Waals surface area contributed by atoms with Crippen LogP contribution in [0.3, 0.4) is 0 Å². The third-order valence-electron chi connectivity index (χ3n) is 8.68. The van der Waals surface area contributed by atoms with Gasteiger partial charge in [0, 0.05) is 17.5 Å². The topological polar surface area (TPSA) is 179 Å². The van der Waals surface area contributed by atoms with E-state index in [1.807, 2.05) is 0 Å². The van der Waals surface area contributed by atoms with E-state index in [-0.39, 0.29) is 47.0 Å². The van der Waals surface area contributed by atoms with Crippen molar-refractivity contribution in [3.05, 3.63) is 76.7 Å². The Morgan fingerprint density at radius 2 is 1.98 bits per heavy atom. The van der Waals surface area contributed by atoms with E-state index < -0.39 is 53.9 Å². The Labute approximate surface area is 255 Å². The number of aromatic nitrogens is 1. The Balaban J connectivity index is 1.47. The SMILES string of the molecule is CC1=CC2C(=O)c3cccc4c3C(=O)C2(CSSCNc2cc(ccn2)CCC2(O)C(O)C(CO)OC(O4)C2O)C(O)=C1. The van der Waals surface area contributed by atoms with Gasteiger partial charge in [-0.05, 0) is 49.6 Å². The van der Waals surface area contributed by atoms with Gasteiger partial charge < -0.3 is 40.3 Å². The predicted molar refractivity (Wildman–Crippen MR) is 160 cm³/mol. The number of Topliss-reactive ketones (excluding diaryl/α,β-unsaturated/α-hetero) is 2. The quantitative estimate of drug-likeness (QED) is 0.254. The molecule has 43 heavy (non-hydrogen) atoms. The standard InChI is InChI=1S/C30H32N2O9S2/c1-15-9-18-24(35)17-3-2-4-19-23(17)26(37)29(18,21(34)10-15)13-42-43-14-32-22-11-16(6-8-31-22)5-7-30(39)25(36)20(12-33)41-28(40-19)27(30)38/h2-4,6,8-11,18,20,25,27-28,33-34,36,38-39H,5,7,12-14H2,1H3,(H,31,32). The molecule has 1 saturated heterocycles. The number of hydrogen-bond donors (Lipinski definition) is 6. The van der Waals surface area contributed by atoms with Crippen LogP contribution in [-0.2, 0) is 11.2 Å². The minimum absolute atomic E-state index is 0.0724. The van der Waals surface area contributed by atoms with Crippen LogP contribution in [0.2, 0.25) is 0 Å². The fraction of sp³-hybridized carbons (Fsp3) is 0.433. The highest BCUT2D eigenvalue weighted by molar-refractivity contribution is 8.76. The number of nitrogens with zero attached hydrogens (tertiary/aromatic N) is 1. The lowest BCUT2D eigenvalue weighted by atomic mass is 9.60. The maximum atomic E-state index is 14.5. The van der Waals surface area contributed by atoms with E-state index in [0.717, 1.165) is 5.56 Å². The molecule has 6 bridgehead atoms. The molecule has 2 aliphatic carbocycles. The van der Waals surface area contributed by atoms with Gasteiger partial charge in [0.25, 0.3) is 0 Å². The van der Waals surface area contributed by atoms with Gasteiger partial charge in [0.05, 0.1) is 24.0 Å². The number of ether oxygens (including phenoxy) is 2. The first-order chi connectivity index (χ1) is 20.6. The van der Waals surface area contributed by atoms with Crippen molar-refractivity contribution in [3.63, 3.8) is 0 Å². The molecule has 0 saturated carbocycles. The van der Waals surface area contributed by atoms with Crippen LogP contribution in [0.5, 0.6) is 5.75 Å². The number of aliphatic hydroxyl groups excluding tert-OH is 4. The van der Waals surface area contributed by atoms with Crippen molar-refractivity contribution in [2.45, 2.75) is 50.0 Å². The Bertz CT molecular complexity index is 1520. The van der Waals surface area contributed by atoms with Gasteiger partial charge in [-0.25, -0.2) is 4.98 Å². The van der Waals surface area contributed by atoms with Crippen LogP contribution in [0.25, 0.3) is 0 Å². The monoisotopic (exact) mass is 628 g/mol. The molecule has 1 spiro atoms. The molecule has 2 aliphatic heterocycles. The molecule has 228 valence electrons. The van der Waals surface area contributed by atoms with Crippen molar-refractivity contribution < 1.29 is 44.6 Å². The van der Waals surface area contributed by atoms with E-state index in [1.165, 1.54) is 45.9 Å². The van der Waals surface area contributed by atoms with Gasteiger partial charge in [0.15, 0.2) is 11.6 Å². The molecule has 1 aromatic carbocycles. The molecule has 0 amide bonds. The molecule has 0 radical (unpaired) electrons. The summed E-state index contributed by atoms with van der Waals surface area (Å²) >= 11 is 0. The van der Waals surface area contributed by atoms with Crippen LogP contribution < -0.4 is 10.1 Å². The molecule has 1 aromatic heterocycles. The van der Waals surface area contributed by atoms with E-state index in [1.54, 1.807) is 31.3 Å². The number of carbonyl (C=O) groups excluding carboxylic acids is 2. The number of anilines is 1. The largest absolute Gasteiger partial charge is 0.511 e. The number of allylic oxidation sites excluding steroid dienone is 4. The number of aliphatic hydroxyl groups is 5. The zero-order valence-electron chi connectivity index (χ0n) is 23.2. The van der Waals surface area contributed by atoms with E-state index in [2.05, 4.69) is 10.3 Å². The van der Waals surface area contributed by atoms with Gasteiger partial charge in [-0.3, -0.25) is 9.59 Å². The van der Waals surface area contributed by atoms with E-state index in [0.29, 0.717) is 17.3 Å². The van der Waals surface area contributed by atoms with E-state index in [9.17, 15) is 35.1 Å². The Hall–Kier alpha value is -2.91. The van der Waals surface area contributed by atoms with Crippen molar-refractivity contribution in [2.24, 2.45) is 11.3 Å². The number of nitrogens with one attached hydrogen (secondary N) is 1. The Morgan fingerprint density at radius 1 is 1.16 bits per heavy atom. The highest BCUT2D eigenvalue weighted by Crippen LogP contribution is 2.53. The number of hydrogen-bond acceptors (Lipinski definition) is 13. The summed E-state index contributed by atoms with van der Waals surface area (Å²) in [6.07, 6.45) is -1.51. The molecule has 1 fully saturated rings. The summed E-state index contributed by atoms with van der Waals surface area (Å²) in [4.78, 5) is 32.8. The lowest BCUT2D eigenvalue weighted by Gasteiger charge is -2.48. The number of fused-ring (bicyclic) bond motifs is 4. The van der Waals surface area contributed by atoms with Gasteiger partial charge in [-0.15, -0.1) is 0 Å². The number of carbonyl (C=O) groups is 2. The second kappa shape index (κ2) is 11.5. The molecule has 6 N–H and O–H groups in total. The predicted octanol–water partition coefficient (Wildman–Crippen LogP) is 2.41. The van der Waals surface area contributed by atoms with Crippen molar-refractivity contribution >= 4 is 39.0 Å². The van der Waals surface area contributed by atoms with Gasteiger partial charge in [-0.2, -0.15) is 0 Å². The molecule has 11 nitrogen and oxygen atoms in total. The molecule has 7 atom stereocenters. The van der Waals surface area contributed by atoms with Gasteiger partial charge in [0.2, 0.25) is 6.29 Å². The Morgan fingerprint density at radius 3 is 2.77 bits per heavy atom. The summed E-state index contributed by atoms with van der Waals surface area (Å²) in [6, 6.07) is 8.03. The van der Waals surface area contributed by atoms with Gasteiger partial charge >= 0.3 is 0 Å². The number of benzene rings is 1. The first-order valence-corrected chi connectivity index (χ1v) is 16.3. The number of pyridine rings is 1. The summed E-state index contributed by atoms with van der Waals surface area (Å²) in [5.41, 5.74) is -2.32. The lowest BCUT2D eigenvalue weighted by Crippen LogP contribution is -2.68. The van der Waals surface area contributed by atoms with Crippen molar-refractivity contribution in [2.75, 3.05) is 23.6 Å². The van der Waals surface area contributed by atoms with Crippen LogP contribution in [-0.4, -0.2) is 90.5 Å². The Kier molecular flexibility index (Phi) is 8.09. The van der Waals surface area contributed by atoms with Crippen LogP contribution in [0, 0.1) is 11.3 Å². The third-order valence-corrected chi connectivity index (χ3v) is 10.9. The van der Waals surface area contributed by atoms with Crippen molar-refractivity contribution in [3.8, 4) is 5.75 Å². The van der Waals surface area contributed by atoms with Gasteiger partial charge in [0.1, 0.15) is 46.7 Å². The minimum atomic E-state index is -2.17. The molecule has 4 aliphatic rings. The summed E-state index contributed by atoms with van der Waals surface area (Å²) in [6.45, 7) is 1.06. The highest BCUT2D eigenvalue weighted by Gasteiger charge is 2.59. The molecular formula is C30H32N2O9S2. The fourth-order valence-corrected chi connectivity index (χ4v) is 8.52. The number of rotatable bonds is 1. The average molecular weight is 629 g/mol. The normalized spacial score (nSPS) is 34.4. The summed E-state index contributed by atoms with van der Waals surface area (Å²) in [7, 11) is 2.74. The molecule has 13 heteroatoms. The van der Waals surface area contributed by atoms with E-state index >= 15 is 0 Å². The molecular weight excluding hydrogens is 596 g/mol. The van der Waals surface area contributed by atoms with Crippen LogP contribution >= 0.6 is 21.6 Å².